The Morgan fingerprint density at radius 1 is 1.57 bits per heavy atom. The van der Waals surface area contributed by atoms with Crippen LogP contribution in [-0.4, -0.2) is 18.8 Å². The monoisotopic (exact) mass is 207 g/mol. The molecular weight excluding hydrogens is 190 g/mol. The van der Waals surface area contributed by atoms with Gasteiger partial charge in [-0.3, -0.25) is 0 Å². The van der Waals surface area contributed by atoms with Gasteiger partial charge in [-0.15, -0.1) is 18.3 Å². The van der Waals surface area contributed by atoms with E-state index >= 15 is 0 Å². The van der Waals surface area contributed by atoms with Crippen LogP contribution in [-0.2, 0) is 0 Å². The molecule has 0 radical (unpaired) electrons. The highest BCUT2D eigenvalue weighted by atomic mass is 32.2. The van der Waals surface area contributed by atoms with Crippen LogP contribution >= 0.6 is 11.8 Å². The Hall–Kier alpha value is -0.730. The molecule has 1 N–H and O–H groups in total. The zero-order valence-electron chi connectivity index (χ0n) is 8.79. The smallest absolute Gasteiger partial charge is 0.0339 e. The lowest BCUT2D eigenvalue weighted by molar-refractivity contribution is 0.740. The van der Waals surface area contributed by atoms with Gasteiger partial charge >= 0.3 is 0 Å². The quantitative estimate of drug-likeness (QED) is 0.588. The van der Waals surface area contributed by atoms with Gasteiger partial charge in [-0.2, -0.15) is 0 Å². The lowest BCUT2D eigenvalue weighted by Gasteiger charge is -2.10. The van der Waals surface area contributed by atoms with Crippen LogP contribution in [0.4, 0.5) is 0 Å². The van der Waals surface area contributed by atoms with Crippen LogP contribution in [0.3, 0.4) is 0 Å². The lowest BCUT2D eigenvalue weighted by atomic mass is 10.2. The molecule has 0 aliphatic carbocycles. The van der Waals surface area contributed by atoms with Gasteiger partial charge in [0.2, 0.25) is 0 Å². The first-order chi connectivity index (χ1) is 6.76. The number of rotatable bonds is 5. The van der Waals surface area contributed by atoms with Crippen LogP contribution in [0.5, 0.6) is 0 Å². The maximum atomic E-state index is 3.79. The lowest BCUT2D eigenvalue weighted by Crippen LogP contribution is -2.24. The molecule has 0 saturated carbocycles. The van der Waals surface area contributed by atoms with Crippen molar-refractivity contribution in [1.82, 2.24) is 5.32 Å². The summed E-state index contributed by atoms with van der Waals surface area (Å²) in [5.41, 5.74) is 1.31. The first-order valence-electron chi connectivity index (χ1n) is 4.75. The number of nitrogens with one attached hydrogen (secondary N) is 1. The van der Waals surface area contributed by atoms with Crippen LogP contribution in [0.25, 0.3) is 0 Å². The van der Waals surface area contributed by atoms with Gasteiger partial charge in [0.25, 0.3) is 0 Å². The molecule has 0 aromatic heterocycles. The summed E-state index contributed by atoms with van der Waals surface area (Å²) in [6.45, 7) is 5.90. The zero-order valence-corrected chi connectivity index (χ0v) is 9.60. The van der Waals surface area contributed by atoms with Crippen molar-refractivity contribution >= 4 is 11.8 Å². The second-order valence-corrected chi connectivity index (χ2v) is 4.35. The zero-order chi connectivity index (χ0) is 10.4. The largest absolute Gasteiger partial charge is 0.313 e. The van der Waals surface area contributed by atoms with Gasteiger partial charge in [-0.1, -0.05) is 23.8 Å². The summed E-state index contributed by atoms with van der Waals surface area (Å²) < 4.78 is 0. The highest BCUT2D eigenvalue weighted by molar-refractivity contribution is 7.99. The number of hydrogen-bond donors (Lipinski definition) is 1. The molecule has 0 heterocycles. The van der Waals surface area contributed by atoms with Gasteiger partial charge in [0, 0.05) is 16.7 Å². The molecule has 2 heteroatoms. The van der Waals surface area contributed by atoms with E-state index in [1.807, 2.05) is 24.9 Å². The van der Waals surface area contributed by atoms with E-state index in [0.717, 1.165) is 5.75 Å². The summed E-state index contributed by atoms with van der Waals surface area (Å²) in [5, 5.41) is 3.20. The summed E-state index contributed by atoms with van der Waals surface area (Å²) >= 11 is 1.86. The predicted molar refractivity (Wildman–Crippen MR) is 64.9 cm³/mol. The first kappa shape index (κ1) is 11.3. The molecule has 0 fully saturated rings. The number of thioether (sulfide) groups is 1. The number of benzene rings is 1. The highest BCUT2D eigenvalue weighted by Gasteiger charge is 2.01. The second-order valence-electron chi connectivity index (χ2n) is 3.26. The van der Waals surface area contributed by atoms with Crippen LogP contribution < -0.4 is 5.32 Å². The molecule has 1 aromatic carbocycles. The van der Waals surface area contributed by atoms with E-state index < -0.39 is 0 Å². The molecule has 1 atom stereocenters. The number of aryl methyl sites for hydroxylation is 1. The molecule has 1 aromatic rings. The average Bonchev–Trinajstić information content (AvgIpc) is 2.19. The third kappa shape index (κ3) is 3.56. The Morgan fingerprint density at radius 3 is 2.93 bits per heavy atom. The minimum atomic E-state index is 0.389. The molecule has 1 rings (SSSR count). The molecule has 0 amide bonds. The Labute approximate surface area is 90.6 Å². The van der Waals surface area contributed by atoms with Crippen molar-refractivity contribution in [2.75, 3.05) is 12.8 Å². The van der Waals surface area contributed by atoms with E-state index in [-0.39, 0.29) is 0 Å². The van der Waals surface area contributed by atoms with Crippen LogP contribution in [0, 0.1) is 6.92 Å². The van der Waals surface area contributed by atoms with Crippen molar-refractivity contribution in [1.29, 1.82) is 0 Å². The molecular formula is C12H17NS. The third-order valence-electron chi connectivity index (χ3n) is 2.07. The van der Waals surface area contributed by atoms with E-state index in [1.54, 1.807) is 0 Å². The van der Waals surface area contributed by atoms with Gasteiger partial charge in [0.15, 0.2) is 0 Å². The van der Waals surface area contributed by atoms with E-state index in [1.165, 1.54) is 10.5 Å². The standard InChI is InChI=1S/C12H17NS/c1-4-11(13-3)9-14-12-7-5-6-10(2)8-12/h4-8,11,13H,1,9H2,2-3H3. The fraction of sp³-hybridized carbons (Fsp3) is 0.333. The molecule has 76 valence electrons. The Balaban J connectivity index is 2.48. The minimum Gasteiger partial charge on any atom is -0.313 e. The SMILES string of the molecule is C=CC(CSc1cccc(C)c1)NC. The molecule has 0 aliphatic rings. The van der Waals surface area contributed by atoms with Gasteiger partial charge in [-0.05, 0) is 26.1 Å². The van der Waals surface area contributed by atoms with Crippen LogP contribution in [0.1, 0.15) is 5.56 Å². The van der Waals surface area contributed by atoms with Crippen LogP contribution in [0.2, 0.25) is 0 Å². The molecule has 0 saturated heterocycles. The van der Waals surface area contributed by atoms with Gasteiger partial charge < -0.3 is 5.32 Å². The summed E-state index contributed by atoms with van der Waals surface area (Å²) in [6.07, 6.45) is 1.95. The Morgan fingerprint density at radius 2 is 2.36 bits per heavy atom. The van der Waals surface area contributed by atoms with Gasteiger partial charge in [0.05, 0.1) is 0 Å². The number of hydrogen-bond acceptors (Lipinski definition) is 2. The van der Waals surface area contributed by atoms with E-state index in [9.17, 15) is 0 Å². The number of likely N-dealkylation sites (N-methyl/N-ethyl adjacent to an activating group) is 1. The van der Waals surface area contributed by atoms with Crippen molar-refractivity contribution in [3.05, 3.63) is 42.5 Å². The fourth-order valence-corrected chi connectivity index (χ4v) is 2.28. The third-order valence-corrected chi connectivity index (χ3v) is 3.19. The van der Waals surface area contributed by atoms with Crippen molar-refractivity contribution in [3.8, 4) is 0 Å². The average molecular weight is 207 g/mol. The molecule has 0 bridgehead atoms. The molecule has 0 spiro atoms. The normalized spacial score (nSPS) is 12.4. The summed E-state index contributed by atoms with van der Waals surface area (Å²) in [5.74, 6) is 1.03. The predicted octanol–water partition coefficient (Wildman–Crippen LogP) is 2.86. The minimum absolute atomic E-state index is 0.389. The van der Waals surface area contributed by atoms with E-state index in [4.69, 9.17) is 0 Å². The summed E-state index contributed by atoms with van der Waals surface area (Å²) in [4.78, 5) is 1.33. The fourth-order valence-electron chi connectivity index (χ4n) is 1.16. The van der Waals surface area contributed by atoms with E-state index in [0.29, 0.717) is 6.04 Å². The second kappa shape index (κ2) is 5.89. The maximum Gasteiger partial charge on any atom is 0.0339 e. The van der Waals surface area contributed by atoms with Crippen molar-refractivity contribution in [3.63, 3.8) is 0 Å². The van der Waals surface area contributed by atoms with Crippen molar-refractivity contribution in [2.45, 2.75) is 17.9 Å². The Bertz CT molecular complexity index is 296. The summed E-state index contributed by atoms with van der Waals surface area (Å²) in [7, 11) is 1.96. The topological polar surface area (TPSA) is 12.0 Å². The first-order valence-corrected chi connectivity index (χ1v) is 5.74. The van der Waals surface area contributed by atoms with Crippen molar-refractivity contribution in [2.24, 2.45) is 0 Å². The summed E-state index contributed by atoms with van der Waals surface area (Å²) in [6, 6.07) is 8.96. The Kier molecular flexibility index (Phi) is 4.77. The molecule has 0 aliphatic heterocycles. The molecule has 1 nitrogen and oxygen atoms in total. The highest BCUT2D eigenvalue weighted by Crippen LogP contribution is 2.19. The van der Waals surface area contributed by atoms with Crippen LogP contribution in [0.15, 0.2) is 41.8 Å². The van der Waals surface area contributed by atoms with Gasteiger partial charge in [0.1, 0.15) is 0 Å². The molecule has 1 unspecified atom stereocenters. The van der Waals surface area contributed by atoms with Crippen molar-refractivity contribution < 1.29 is 0 Å². The maximum absolute atomic E-state index is 3.79. The van der Waals surface area contributed by atoms with E-state index in [2.05, 4.69) is 43.1 Å². The van der Waals surface area contributed by atoms with Gasteiger partial charge in [-0.25, -0.2) is 0 Å². The molecule has 14 heavy (non-hydrogen) atoms.